The highest BCUT2D eigenvalue weighted by Gasteiger charge is 2.25. The van der Waals surface area contributed by atoms with Gasteiger partial charge in [-0.05, 0) is 74.4 Å². The van der Waals surface area contributed by atoms with Crippen LogP contribution in [0.4, 0.5) is 10.8 Å². The van der Waals surface area contributed by atoms with Crippen molar-refractivity contribution in [3.8, 4) is 0 Å². The quantitative estimate of drug-likeness (QED) is 0.389. The van der Waals surface area contributed by atoms with Crippen LogP contribution in [0.5, 0.6) is 0 Å². The van der Waals surface area contributed by atoms with E-state index in [0.717, 1.165) is 21.3 Å². The number of anilines is 2. The molecule has 4 rings (SSSR count). The second-order valence-corrected chi connectivity index (χ2v) is 7.96. The van der Waals surface area contributed by atoms with Gasteiger partial charge in [0.25, 0.3) is 5.91 Å². The van der Waals surface area contributed by atoms with E-state index in [0.29, 0.717) is 21.9 Å². The summed E-state index contributed by atoms with van der Waals surface area (Å²) in [5.74, 6) is -0.148. The number of aromatic nitrogens is 1. The van der Waals surface area contributed by atoms with Crippen LogP contribution in [0.2, 0.25) is 0 Å². The Hall–Kier alpha value is -3.31. The minimum atomic E-state index is -0.138. The lowest BCUT2D eigenvalue weighted by molar-refractivity contribution is 0.0996. The van der Waals surface area contributed by atoms with E-state index in [1.54, 1.807) is 29.2 Å². The number of nitrogens with zero attached hydrogens (tertiary/aromatic N) is 2. The van der Waals surface area contributed by atoms with E-state index in [-0.39, 0.29) is 11.7 Å². The molecule has 5 heteroatoms. The van der Waals surface area contributed by atoms with Gasteiger partial charge in [-0.25, -0.2) is 4.98 Å². The molecule has 144 valence electrons. The molecule has 29 heavy (non-hydrogen) atoms. The van der Waals surface area contributed by atoms with Gasteiger partial charge in [0.15, 0.2) is 10.9 Å². The Kier molecular flexibility index (Phi) is 4.99. The van der Waals surface area contributed by atoms with Crippen molar-refractivity contribution in [1.29, 1.82) is 0 Å². The lowest BCUT2D eigenvalue weighted by atomic mass is 10.0. The van der Waals surface area contributed by atoms with Crippen LogP contribution < -0.4 is 4.90 Å². The number of fused-ring (bicyclic) bond motifs is 1. The van der Waals surface area contributed by atoms with Gasteiger partial charge < -0.3 is 0 Å². The van der Waals surface area contributed by atoms with Crippen LogP contribution >= 0.6 is 11.3 Å². The Bertz CT molecular complexity index is 1190. The lowest BCUT2D eigenvalue weighted by Crippen LogP contribution is -2.26. The standard InChI is InChI=1S/C24H20N2O2S/c1-15-7-6-8-20(16(15)2)23(28)26(19-13-11-18(12-14-19)17(3)27)24-25-21-9-4-5-10-22(21)29-24/h4-14H,1-3H3. The molecule has 0 bridgehead atoms. The van der Waals surface area contributed by atoms with E-state index >= 15 is 0 Å². The van der Waals surface area contributed by atoms with Crippen LogP contribution in [0.3, 0.4) is 0 Å². The number of carbonyl (C=O) groups excluding carboxylic acids is 2. The number of rotatable bonds is 4. The summed E-state index contributed by atoms with van der Waals surface area (Å²) >= 11 is 1.47. The number of benzene rings is 3. The highest BCUT2D eigenvalue weighted by Crippen LogP contribution is 2.35. The average Bonchev–Trinajstić information content (AvgIpc) is 3.14. The number of hydrogen-bond acceptors (Lipinski definition) is 4. The summed E-state index contributed by atoms with van der Waals surface area (Å²) in [7, 11) is 0. The second kappa shape index (κ2) is 7.60. The highest BCUT2D eigenvalue weighted by atomic mass is 32.1. The van der Waals surface area contributed by atoms with Gasteiger partial charge in [-0.2, -0.15) is 0 Å². The average molecular weight is 401 g/mol. The van der Waals surface area contributed by atoms with Crippen molar-refractivity contribution in [3.63, 3.8) is 0 Å². The molecule has 0 N–H and O–H groups in total. The third kappa shape index (κ3) is 3.57. The van der Waals surface area contributed by atoms with Crippen LogP contribution in [0.15, 0.2) is 66.7 Å². The molecule has 1 aromatic heterocycles. The van der Waals surface area contributed by atoms with Gasteiger partial charge in [0, 0.05) is 11.1 Å². The van der Waals surface area contributed by atoms with E-state index in [1.807, 2.05) is 56.3 Å². The van der Waals surface area contributed by atoms with Crippen molar-refractivity contribution in [2.75, 3.05) is 4.90 Å². The first-order valence-electron chi connectivity index (χ1n) is 9.33. The van der Waals surface area contributed by atoms with Crippen molar-refractivity contribution in [1.82, 2.24) is 4.98 Å². The molecule has 0 unspecified atom stereocenters. The molecule has 1 amide bonds. The van der Waals surface area contributed by atoms with Crippen LogP contribution in [-0.2, 0) is 0 Å². The predicted molar refractivity (Wildman–Crippen MR) is 118 cm³/mol. The Balaban J connectivity index is 1.87. The molecule has 0 radical (unpaired) electrons. The number of para-hydroxylation sites is 1. The zero-order chi connectivity index (χ0) is 20.5. The number of thiazole rings is 1. The largest absolute Gasteiger partial charge is 0.295 e. The summed E-state index contributed by atoms with van der Waals surface area (Å²) in [5, 5.41) is 0.604. The first-order chi connectivity index (χ1) is 14.0. The molecule has 1 heterocycles. The molecule has 0 aliphatic carbocycles. The Morgan fingerprint density at radius 3 is 2.31 bits per heavy atom. The normalized spacial score (nSPS) is 10.9. The van der Waals surface area contributed by atoms with Gasteiger partial charge in [0.2, 0.25) is 0 Å². The minimum Gasteiger partial charge on any atom is -0.295 e. The van der Waals surface area contributed by atoms with Gasteiger partial charge in [0.1, 0.15) is 0 Å². The van der Waals surface area contributed by atoms with Gasteiger partial charge in [0.05, 0.1) is 15.9 Å². The molecule has 4 aromatic rings. The maximum atomic E-state index is 13.6. The molecular weight excluding hydrogens is 380 g/mol. The second-order valence-electron chi connectivity index (χ2n) is 6.96. The predicted octanol–water partition coefficient (Wildman–Crippen LogP) is 6.09. The fraction of sp³-hybridized carbons (Fsp3) is 0.125. The van der Waals surface area contributed by atoms with Crippen molar-refractivity contribution in [3.05, 3.63) is 89.0 Å². The van der Waals surface area contributed by atoms with Crippen LogP contribution in [0.25, 0.3) is 10.2 Å². The first kappa shape index (κ1) is 19.0. The number of Topliss-reactive ketones (excluding diaryl/α,β-unsaturated/α-hetero) is 1. The zero-order valence-corrected chi connectivity index (χ0v) is 17.3. The molecular formula is C24H20N2O2S. The van der Waals surface area contributed by atoms with E-state index in [1.165, 1.54) is 18.3 Å². The van der Waals surface area contributed by atoms with Crippen LogP contribution in [0.1, 0.15) is 38.8 Å². The molecule has 0 aliphatic rings. The monoisotopic (exact) mass is 400 g/mol. The van der Waals surface area contributed by atoms with E-state index in [9.17, 15) is 9.59 Å². The number of ketones is 1. The zero-order valence-electron chi connectivity index (χ0n) is 16.5. The van der Waals surface area contributed by atoms with E-state index in [2.05, 4.69) is 0 Å². The molecule has 0 atom stereocenters. The summed E-state index contributed by atoms with van der Waals surface area (Å²) in [6.07, 6.45) is 0. The Labute approximate surface area is 173 Å². The summed E-state index contributed by atoms with van der Waals surface area (Å²) < 4.78 is 1.02. The van der Waals surface area contributed by atoms with E-state index < -0.39 is 0 Å². The molecule has 0 saturated heterocycles. The fourth-order valence-corrected chi connectivity index (χ4v) is 4.20. The Morgan fingerprint density at radius 1 is 0.897 bits per heavy atom. The highest BCUT2D eigenvalue weighted by molar-refractivity contribution is 7.22. The third-order valence-electron chi connectivity index (χ3n) is 5.04. The minimum absolute atomic E-state index is 0.0102. The molecule has 3 aromatic carbocycles. The topological polar surface area (TPSA) is 50.3 Å². The van der Waals surface area contributed by atoms with Gasteiger partial charge >= 0.3 is 0 Å². The lowest BCUT2D eigenvalue weighted by Gasteiger charge is -2.21. The van der Waals surface area contributed by atoms with E-state index in [4.69, 9.17) is 4.98 Å². The smallest absolute Gasteiger partial charge is 0.264 e. The summed E-state index contributed by atoms with van der Waals surface area (Å²) in [6, 6.07) is 20.6. The number of carbonyl (C=O) groups is 2. The summed E-state index contributed by atoms with van der Waals surface area (Å²) in [6.45, 7) is 5.48. The van der Waals surface area contributed by atoms with Crippen molar-refractivity contribution in [2.24, 2.45) is 0 Å². The summed E-state index contributed by atoms with van der Waals surface area (Å²) in [4.78, 5) is 31.6. The first-order valence-corrected chi connectivity index (χ1v) is 10.1. The maximum absolute atomic E-state index is 13.6. The number of aryl methyl sites for hydroxylation is 1. The molecule has 4 nitrogen and oxygen atoms in total. The Morgan fingerprint density at radius 2 is 1.62 bits per heavy atom. The van der Waals surface area contributed by atoms with Crippen LogP contribution in [0, 0.1) is 13.8 Å². The fourth-order valence-electron chi connectivity index (χ4n) is 3.22. The molecule has 0 spiro atoms. The van der Waals surface area contributed by atoms with Gasteiger partial charge in [-0.3, -0.25) is 14.5 Å². The molecule has 0 aliphatic heterocycles. The maximum Gasteiger partial charge on any atom is 0.264 e. The van der Waals surface area contributed by atoms with Crippen molar-refractivity contribution < 1.29 is 9.59 Å². The number of amides is 1. The van der Waals surface area contributed by atoms with Crippen molar-refractivity contribution >= 4 is 44.1 Å². The summed E-state index contributed by atoms with van der Waals surface area (Å²) in [5.41, 5.74) is 4.79. The SMILES string of the molecule is CC(=O)c1ccc(N(C(=O)c2cccc(C)c2C)c2nc3ccccc3s2)cc1. The van der Waals surface area contributed by atoms with Crippen LogP contribution in [-0.4, -0.2) is 16.7 Å². The molecule has 0 fully saturated rings. The van der Waals surface area contributed by atoms with Gasteiger partial charge in [-0.15, -0.1) is 0 Å². The third-order valence-corrected chi connectivity index (χ3v) is 6.07. The molecule has 0 saturated carbocycles. The van der Waals surface area contributed by atoms with Gasteiger partial charge in [-0.1, -0.05) is 35.6 Å². The van der Waals surface area contributed by atoms with Crippen molar-refractivity contribution in [2.45, 2.75) is 20.8 Å². The number of hydrogen-bond donors (Lipinski definition) is 0.